The number of hydrogen-bond donors (Lipinski definition) is 2. The molecule has 0 amide bonds. The van der Waals surface area contributed by atoms with Crippen molar-refractivity contribution in [3.05, 3.63) is 42.2 Å². The summed E-state index contributed by atoms with van der Waals surface area (Å²) in [7, 11) is -0.871. The molecule has 0 saturated carbocycles. The Bertz CT molecular complexity index is 864. The monoisotopic (exact) mass is 403 g/mol. The van der Waals surface area contributed by atoms with E-state index in [1.165, 1.54) is 19.1 Å². The van der Waals surface area contributed by atoms with Crippen LogP contribution in [0.4, 0.5) is 17.3 Å². The highest BCUT2D eigenvalue weighted by atomic mass is 32.2. The average Bonchev–Trinajstić information content (AvgIpc) is 2.68. The second-order valence-electron chi connectivity index (χ2n) is 7.54. The van der Waals surface area contributed by atoms with Gasteiger partial charge in [-0.2, -0.15) is 0 Å². The van der Waals surface area contributed by atoms with Crippen molar-refractivity contribution in [2.45, 2.75) is 19.3 Å². The van der Waals surface area contributed by atoms with Gasteiger partial charge in [0.05, 0.1) is 5.75 Å². The number of benzene rings is 1. The first kappa shape index (κ1) is 20.5. The van der Waals surface area contributed by atoms with Crippen molar-refractivity contribution < 1.29 is 8.42 Å². The molecule has 152 valence electrons. The largest absolute Gasteiger partial charge is 0.359 e. The topological polar surface area (TPSA) is 87.2 Å². The Morgan fingerprint density at radius 3 is 2.57 bits per heavy atom. The van der Waals surface area contributed by atoms with Gasteiger partial charge < -0.3 is 15.5 Å². The summed E-state index contributed by atoms with van der Waals surface area (Å²) in [6.45, 7) is 3.18. The predicted octanol–water partition coefficient (Wildman–Crippen LogP) is 2.24. The first-order valence-corrected chi connectivity index (χ1v) is 11.7. The average molecular weight is 404 g/mol. The van der Waals surface area contributed by atoms with Gasteiger partial charge in [-0.25, -0.2) is 18.4 Å². The summed E-state index contributed by atoms with van der Waals surface area (Å²) in [6, 6.07) is 9.73. The Morgan fingerprint density at radius 2 is 1.89 bits per heavy atom. The van der Waals surface area contributed by atoms with Crippen LogP contribution in [0.1, 0.15) is 18.4 Å². The number of sulfone groups is 1. The standard InChI is InChI=1S/C20H29N5O2S/c1-25(14-17-7-10-21-11-8-17)20-13-19(22-15-23-20)24-18-5-3-16(4-6-18)9-12-28(2,26)27/h3-6,13,15,17,21H,7-12,14H2,1-2H3,(H,22,23,24). The third kappa shape index (κ3) is 6.45. The Kier molecular flexibility index (Phi) is 6.85. The third-order valence-electron chi connectivity index (χ3n) is 5.02. The highest BCUT2D eigenvalue weighted by Crippen LogP contribution is 2.21. The molecule has 7 nitrogen and oxygen atoms in total. The molecule has 0 unspecified atom stereocenters. The smallest absolute Gasteiger partial charge is 0.147 e. The van der Waals surface area contributed by atoms with Crippen molar-refractivity contribution in [1.82, 2.24) is 15.3 Å². The molecule has 3 rings (SSSR count). The molecule has 1 fully saturated rings. The molecule has 28 heavy (non-hydrogen) atoms. The zero-order chi connectivity index (χ0) is 20.0. The van der Waals surface area contributed by atoms with Gasteiger partial charge in [-0.05, 0) is 56.0 Å². The Hall–Kier alpha value is -2.19. The summed E-state index contributed by atoms with van der Waals surface area (Å²) >= 11 is 0. The molecule has 1 aromatic carbocycles. The van der Waals surface area contributed by atoms with Gasteiger partial charge in [0.2, 0.25) is 0 Å². The van der Waals surface area contributed by atoms with Gasteiger partial charge in [-0.3, -0.25) is 0 Å². The van der Waals surface area contributed by atoms with Gasteiger partial charge >= 0.3 is 0 Å². The second kappa shape index (κ2) is 9.34. The lowest BCUT2D eigenvalue weighted by Crippen LogP contribution is -2.34. The molecular formula is C20H29N5O2S. The van der Waals surface area contributed by atoms with Crippen LogP contribution in [-0.4, -0.2) is 57.1 Å². The maximum absolute atomic E-state index is 11.3. The fraction of sp³-hybridized carbons (Fsp3) is 0.500. The van der Waals surface area contributed by atoms with Gasteiger partial charge in [0.25, 0.3) is 0 Å². The fourth-order valence-electron chi connectivity index (χ4n) is 3.38. The minimum absolute atomic E-state index is 0.165. The minimum Gasteiger partial charge on any atom is -0.359 e. The molecular weight excluding hydrogens is 374 g/mol. The van der Waals surface area contributed by atoms with Crippen molar-refractivity contribution in [1.29, 1.82) is 0 Å². The Balaban J connectivity index is 1.59. The number of nitrogens with zero attached hydrogens (tertiary/aromatic N) is 3. The molecule has 0 radical (unpaired) electrons. The van der Waals surface area contributed by atoms with Crippen LogP contribution in [-0.2, 0) is 16.3 Å². The third-order valence-corrected chi connectivity index (χ3v) is 5.97. The molecule has 2 N–H and O–H groups in total. The second-order valence-corrected chi connectivity index (χ2v) is 9.80. The summed E-state index contributed by atoms with van der Waals surface area (Å²) in [5.41, 5.74) is 1.91. The summed E-state index contributed by atoms with van der Waals surface area (Å²) in [6.07, 6.45) is 5.77. The molecule has 2 heterocycles. The number of aryl methyl sites for hydroxylation is 1. The zero-order valence-corrected chi connectivity index (χ0v) is 17.4. The minimum atomic E-state index is -2.95. The summed E-state index contributed by atoms with van der Waals surface area (Å²) < 4.78 is 22.6. The van der Waals surface area contributed by atoms with Crippen LogP contribution in [0.15, 0.2) is 36.7 Å². The van der Waals surface area contributed by atoms with E-state index in [4.69, 9.17) is 0 Å². The number of piperidine rings is 1. The van der Waals surface area contributed by atoms with Crippen LogP contribution >= 0.6 is 0 Å². The van der Waals surface area contributed by atoms with Crippen LogP contribution in [0.3, 0.4) is 0 Å². The molecule has 8 heteroatoms. The first-order chi connectivity index (χ1) is 13.4. The van der Waals surface area contributed by atoms with E-state index in [1.54, 1.807) is 6.33 Å². The van der Waals surface area contributed by atoms with Crippen LogP contribution in [0.25, 0.3) is 0 Å². The molecule has 1 aliphatic rings. The number of nitrogens with one attached hydrogen (secondary N) is 2. The van der Waals surface area contributed by atoms with E-state index in [1.807, 2.05) is 30.3 Å². The lowest BCUT2D eigenvalue weighted by molar-refractivity contribution is 0.377. The number of rotatable bonds is 8. The predicted molar refractivity (Wildman–Crippen MR) is 114 cm³/mol. The molecule has 1 saturated heterocycles. The number of aromatic nitrogens is 2. The van der Waals surface area contributed by atoms with Gasteiger partial charge in [-0.1, -0.05) is 12.1 Å². The van der Waals surface area contributed by atoms with Gasteiger partial charge in [0, 0.05) is 31.6 Å². The Morgan fingerprint density at radius 1 is 1.18 bits per heavy atom. The zero-order valence-electron chi connectivity index (χ0n) is 16.6. The summed E-state index contributed by atoms with van der Waals surface area (Å²) in [5.74, 6) is 2.50. The molecule has 1 aliphatic heterocycles. The number of anilines is 3. The van der Waals surface area contributed by atoms with Crippen molar-refractivity contribution >= 4 is 27.2 Å². The lowest BCUT2D eigenvalue weighted by Gasteiger charge is -2.28. The summed E-state index contributed by atoms with van der Waals surface area (Å²) in [5, 5.41) is 6.70. The van der Waals surface area contributed by atoms with E-state index in [-0.39, 0.29) is 5.75 Å². The normalized spacial score (nSPS) is 15.4. The van der Waals surface area contributed by atoms with E-state index < -0.39 is 9.84 Å². The maximum atomic E-state index is 11.3. The van der Waals surface area contributed by atoms with E-state index in [0.29, 0.717) is 12.3 Å². The Labute approximate surface area is 167 Å². The van der Waals surface area contributed by atoms with Crippen LogP contribution < -0.4 is 15.5 Å². The first-order valence-electron chi connectivity index (χ1n) is 9.67. The fourth-order valence-corrected chi connectivity index (χ4v) is 3.98. The van der Waals surface area contributed by atoms with E-state index in [9.17, 15) is 8.42 Å². The maximum Gasteiger partial charge on any atom is 0.147 e. The lowest BCUT2D eigenvalue weighted by atomic mass is 9.98. The number of hydrogen-bond acceptors (Lipinski definition) is 7. The van der Waals surface area contributed by atoms with Crippen LogP contribution in [0.2, 0.25) is 0 Å². The van der Waals surface area contributed by atoms with Gasteiger partial charge in [0.15, 0.2) is 0 Å². The van der Waals surface area contributed by atoms with Crippen LogP contribution in [0.5, 0.6) is 0 Å². The van der Waals surface area contributed by atoms with E-state index in [0.717, 1.165) is 42.5 Å². The highest BCUT2D eigenvalue weighted by molar-refractivity contribution is 7.90. The van der Waals surface area contributed by atoms with Gasteiger partial charge in [-0.15, -0.1) is 0 Å². The summed E-state index contributed by atoms with van der Waals surface area (Å²) in [4.78, 5) is 10.9. The van der Waals surface area contributed by atoms with Gasteiger partial charge in [0.1, 0.15) is 27.8 Å². The van der Waals surface area contributed by atoms with Crippen molar-refractivity contribution in [3.8, 4) is 0 Å². The molecule has 0 spiro atoms. The SMILES string of the molecule is CN(CC1CCNCC1)c1cc(Nc2ccc(CCS(C)(=O)=O)cc2)ncn1. The van der Waals surface area contributed by atoms with Crippen molar-refractivity contribution in [2.24, 2.45) is 5.92 Å². The van der Waals surface area contributed by atoms with E-state index in [2.05, 4.69) is 32.5 Å². The quantitative estimate of drug-likeness (QED) is 0.699. The van der Waals surface area contributed by atoms with Crippen molar-refractivity contribution in [2.75, 3.05) is 48.9 Å². The molecule has 2 aromatic rings. The molecule has 0 aliphatic carbocycles. The molecule has 1 aromatic heterocycles. The molecule has 0 bridgehead atoms. The van der Waals surface area contributed by atoms with E-state index >= 15 is 0 Å². The van der Waals surface area contributed by atoms with Crippen molar-refractivity contribution in [3.63, 3.8) is 0 Å². The highest BCUT2D eigenvalue weighted by Gasteiger charge is 2.16. The molecule has 0 atom stereocenters. The van der Waals surface area contributed by atoms with Crippen LogP contribution in [0, 0.1) is 5.92 Å².